The van der Waals surface area contributed by atoms with Crippen LogP contribution in [0, 0.1) is 27.2 Å². The quantitative estimate of drug-likeness (QED) is 0.385. The van der Waals surface area contributed by atoms with Gasteiger partial charge in [-0.1, -0.05) is 17.7 Å². The van der Waals surface area contributed by atoms with Gasteiger partial charge in [-0.2, -0.15) is 5.10 Å². The number of anilines is 1. The van der Waals surface area contributed by atoms with Crippen LogP contribution in [0.1, 0.15) is 29.3 Å². The van der Waals surface area contributed by atoms with Crippen LogP contribution in [-0.2, 0) is 4.79 Å². The lowest BCUT2D eigenvalue weighted by Gasteiger charge is -2.08. The molecule has 2 aromatic carbocycles. The van der Waals surface area contributed by atoms with Crippen LogP contribution in [0.2, 0.25) is 5.02 Å². The number of carbonyl (C=O) groups is 2. The molecular weight excluding hydrogens is 418 g/mol. The van der Waals surface area contributed by atoms with Gasteiger partial charge in [0.25, 0.3) is 17.3 Å². The highest BCUT2D eigenvalue weighted by Gasteiger charge is 2.16. The normalized spacial score (nSPS) is 11.0. The third-order valence-electron chi connectivity index (χ3n) is 3.88. The van der Waals surface area contributed by atoms with Gasteiger partial charge in [-0.3, -0.25) is 29.8 Å². The SMILES string of the molecule is C/C(CC(=O)Nc1cc([N+](=O)[O-])ccc1C)=N/NC(=O)c1ccc([N+](=O)[O-])c(Cl)c1. The highest BCUT2D eigenvalue weighted by molar-refractivity contribution is 6.33. The second kappa shape index (κ2) is 9.56. The Bertz CT molecular complexity index is 1070. The van der Waals surface area contributed by atoms with Gasteiger partial charge in [-0.25, -0.2) is 5.43 Å². The number of rotatable bonds is 7. The molecule has 2 N–H and O–H groups in total. The maximum atomic E-state index is 12.2. The predicted octanol–water partition coefficient (Wildman–Crippen LogP) is 3.60. The van der Waals surface area contributed by atoms with Crippen molar-refractivity contribution in [2.75, 3.05) is 5.32 Å². The molecule has 12 heteroatoms. The number of non-ortho nitro benzene ring substituents is 1. The Hall–Kier alpha value is -3.86. The summed E-state index contributed by atoms with van der Waals surface area (Å²) in [6.07, 6.45) is -0.177. The third-order valence-corrected chi connectivity index (χ3v) is 4.18. The molecule has 0 heterocycles. The van der Waals surface area contributed by atoms with Crippen molar-refractivity contribution >= 4 is 46.2 Å². The Morgan fingerprint density at radius 1 is 1.10 bits per heavy atom. The number of nitro benzene ring substituents is 2. The first-order valence-corrected chi connectivity index (χ1v) is 8.78. The molecular formula is C18H16ClN5O6. The van der Waals surface area contributed by atoms with Gasteiger partial charge in [0.2, 0.25) is 5.91 Å². The number of carbonyl (C=O) groups excluding carboxylic acids is 2. The molecule has 2 amide bonds. The molecule has 0 atom stereocenters. The first-order chi connectivity index (χ1) is 14.1. The number of nitro groups is 2. The number of hydrogen-bond donors (Lipinski definition) is 2. The Labute approximate surface area is 175 Å². The van der Waals surface area contributed by atoms with Gasteiger partial charge in [-0.15, -0.1) is 0 Å². The summed E-state index contributed by atoms with van der Waals surface area (Å²) in [4.78, 5) is 44.6. The molecule has 0 aliphatic carbocycles. The van der Waals surface area contributed by atoms with Crippen molar-refractivity contribution < 1.29 is 19.4 Å². The number of benzene rings is 2. The minimum atomic E-state index is -0.673. The summed E-state index contributed by atoms with van der Waals surface area (Å²) in [6.45, 7) is 3.19. The first kappa shape index (κ1) is 22.4. The molecule has 0 unspecified atom stereocenters. The molecule has 0 aromatic heterocycles. The highest BCUT2D eigenvalue weighted by atomic mass is 35.5. The molecule has 30 heavy (non-hydrogen) atoms. The maximum Gasteiger partial charge on any atom is 0.287 e. The van der Waals surface area contributed by atoms with Crippen molar-refractivity contribution in [1.29, 1.82) is 0 Å². The molecule has 0 aliphatic rings. The first-order valence-electron chi connectivity index (χ1n) is 8.41. The van der Waals surface area contributed by atoms with Gasteiger partial charge in [0.1, 0.15) is 5.02 Å². The molecule has 0 saturated carbocycles. The molecule has 2 aromatic rings. The fourth-order valence-corrected chi connectivity index (χ4v) is 2.58. The van der Waals surface area contributed by atoms with E-state index < -0.39 is 21.7 Å². The molecule has 156 valence electrons. The van der Waals surface area contributed by atoms with Crippen LogP contribution < -0.4 is 10.7 Å². The van der Waals surface area contributed by atoms with Gasteiger partial charge >= 0.3 is 0 Å². The number of amides is 2. The minimum absolute atomic E-state index is 0.0545. The van der Waals surface area contributed by atoms with Gasteiger partial charge in [-0.05, 0) is 31.5 Å². The zero-order valence-electron chi connectivity index (χ0n) is 15.8. The van der Waals surface area contributed by atoms with E-state index in [1.165, 1.54) is 31.2 Å². The maximum absolute atomic E-state index is 12.2. The van der Waals surface area contributed by atoms with Crippen LogP contribution in [0.5, 0.6) is 0 Å². The fourth-order valence-electron chi connectivity index (χ4n) is 2.33. The van der Waals surface area contributed by atoms with E-state index in [2.05, 4.69) is 15.8 Å². The van der Waals surface area contributed by atoms with Gasteiger partial charge in [0.15, 0.2) is 0 Å². The van der Waals surface area contributed by atoms with E-state index in [-0.39, 0.29) is 34.1 Å². The summed E-state index contributed by atoms with van der Waals surface area (Å²) in [5, 5.41) is 27.8. The molecule has 11 nitrogen and oxygen atoms in total. The molecule has 0 spiro atoms. The summed E-state index contributed by atoms with van der Waals surface area (Å²) in [6, 6.07) is 7.56. The van der Waals surface area contributed by atoms with Gasteiger partial charge < -0.3 is 5.32 Å². The van der Waals surface area contributed by atoms with E-state index >= 15 is 0 Å². The number of hydrogen-bond acceptors (Lipinski definition) is 7. The van der Waals surface area contributed by atoms with Crippen LogP contribution in [0.15, 0.2) is 41.5 Å². The van der Waals surface area contributed by atoms with E-state index in [4.69, 9.17) is 11.6 Å². The summed E-state index contributed by atoms with van der Waals surface area (Å²) in [7, 11) is 0. The molecule has 0 radical (unpaired) electrons. The smallest absolute Gasteiger partial charge is 0.287 e. The molecule has 2 rings (SSSR count). The summed E-state index contributed by atoms with van der Waals surface area (Å²) >= 11 is 5.77. The van der Waals surface area contributed by atoms with Crippen LogP contribution >= 0.6 is 11.6 Å². The van der Waals surface area contributed by atoms with Gasteiger partial charge in [0, 0.05) is 29.5 Å². The van der Waals surface area contributed by atoms with E-state index in [0.717, 1.165) is 12.1 Å². The minimum Gasteiger partial charge on any atom is -0.325 e. The summed E-state index contributed by atoms with van der Waals surface area (Å²) < 4.78 is 0. The average Bonchev–Trinajstić information content (AvgIpc) is 2.67. The lowest BCUT2D eigenvalue weighted by molar-refractivity contribution is -0.384. The van der Waals surface area contributed by atoms with Crippen molar-refractivity contribution in [3.63, 3.8) is 0 Å². The third kappa shape index (κ3) is 5.82. The van der Waals surface area contributed by atoms with Crippen LogP contribution in [0.4, 0.5) is 17.1 Å². The molecule has 0 saturated heterocycles. The number of hydrazone groups is 1. The predicted molar refractivity (Wildman–Crippen MR) is 110 cm³/mol. The molecule has 0 fully saturated rings. The topological polar surface area (TPSA) is 157 Å². The zero-order chi connectivity index (χ0) is 22.4. The largest absolute Gasteiger partial charge is 0.325 e. The van der Waals surface area contributed by atoms with Crippen molar-refractivity contribution in [2.45, 2.75) is 20.3 Å². The van der Waals surface area contributed by atoms with E-state index in [0.29, 0.717) is 11.3 Å². The number of halogens is 1. The lowest BCUT2D eigenvalue weighted by Crippen LogP contribution is -2.21. The van der Waals surface area contributed by atoms with Crippen LogP contribution in [0.25, 0.3) is 0 Å². The van der Waals surface area contributed by atoms with E-state index in [1.54, 1.807) is 6.92 Å². The highest BCUT2D eigenvalue weighted by Crippen LogP contribution is 2.25. The Morgan fingerprint density at radius 2 is 1.80 bits per heavy atom. The second-order valence-corrected chi connectivity index (χ2v) is 6.60. The van der Waals surface area contributed by atoms with Crippen molar-refractivity contribution in [2.24, 2.45) is 5.10 Å². The van der Waals surface area contributed by atoms with E-state index in [9.17, 15) is 29.8 Å². The standard InChI is InChI=1S/C18H16ClN5O6/c1-10-3-5-13(23(27)28)9-15(10)20-17(25)7-11(2)21-22-18(26)12-4-6-16(24(29)30)14(19)8-12/h3-6,8-9H,7H2,1-2H3,(H,20,25)(H,22,26)/b21-11-. The number of nitrogens with zero attached hydrogens (tertiary/aromatic N) is 3. The fraction of sp³-hybridized carbons (Fsp3) is 0.167. The van der Waals surface area contributed by atoms with Crippen molar-refractivity contribution in [1.82, 2.24) is 5.43 Å². The van der Waals surface area contributed by atoms with Crippen LogP contribution in [-0.4, -0.2) is 27.4 Å². The molecule has 0 bridgehead atoms. The second-order valence-electron chi connectivity index (χ2n) is 6.19. The Morgan fingerprint density at radius 3 is 2.40 bits per heavy atom. The Kier molecular flexibility index (Phi) is 7.15. The molecule has 0 aliphatic heterocycles. The van der Waals surface area contributed by atoms with Crippen molar-refractivity contribution in [3.05, 3.63) is 72.8 Å². The number of nitrogens with one attached hydrogen (secondary N) is 2. The lowest BCUT2D eigenvalue weighted by atomic mass is 10.1. The Balaban J connectivity index is 2.00. The van der Waals surface area contributed by atoms with Gasteiger partial charge in [0.05, 0.1) is 22.0 Å². The monoisotopic (exact) mass is 433 g/mol. The van der Waals surface area contributed by atoms with E-state index in [1.807, 2.05) is 0 Å². The van der Waals surface area contributed by atoms with Crippen LogP contribution in [0.3, 0.4) is 0 Å². The summed E-state index contributed by atoms with van der Waals surface area (Å²) in [5.41, 5.74) is 3.00. The zero-order valence-corrected chi connectivity index (χ0v) is 16.6. The average molecular weight is 434 g/mol. The summed E-state index contributed by atoms with van der Waals surface area (Å²) in [5.74, 6) is -1.14. The van der Waals surface area contributed by atoms with Crippen molar-refractivity contribution in [3.8, 4) is 0 Å². The number of aryl methyl sites for hydroxylation is 1.